The monoisotopic (exact) mass is 262 g/mol. The molecule has 0 fully saturated rings. The molecule has 0 aliphatic carbocycles. The summed E-state index contributed by atoms with van der Waals surface area (Å²) >= 11 is 0. The highest BCUT2D eigenvalue weighted by molar-refractivity contribution is 5.69. The molecule has 0 aliphatic rings. The first-order valence-corrected chi connectivity index (χ1v) is 5.41. The summed E-state index contributed by atoms with van der Waals surface area (Å²) in [6, 6.07) is 5.41. The summed E-state index contributed by atoms with van der Waals surface area (Å²) in [5, 5.41) is 0. The molecule has 0 aliphatic heterocycles. The summed E-state index contributed by atoms with van der Waals surface area (Å²) in [7, 11) is 0. The molecule has 18 heavy (non-hydrogen) atoms. The molecule has 0 atom stereocenters. The lowest BCUT2D eigenvalue weighted by molar-refractivity contribution is -0.274. The molecule has 100 valence electrons. The Morgan fingerprint density at radius 1 is 1.22 bits per heavy atom. The largest absolute Gasteiger partial charge is 0.573 e. The van der Waals surface area contributed by atoms with Crippen LogP contribution in [0.4, 0.5) is 13.2 Å². The van der Waals surface area contributed by atoms with Crippen molar-refractivity contribution in [3.63, 3.8) is 0 Å². The number of alkyl halides is 3. The Morgan fingerprint density at radius 3 is 2.33 bits per heavy atom. The average Bonchev–Trinajstić information content (AvgIpc) is 2.26. The van der Waals surface area contributed by atoms with Crippen molar-refractivity contribution in [3.8, 4) is 5.75 Å². The van der Waals surface area contributed by atoms with E-state index in [1.165, 1.54) is 24.3 Å². The fourth-order valence-corrected chi connectivity index (χ4v) is 1.34. The molecule has 0 heterocycles. The van der Waals surface area contributed by atoms with Crippen LogP contribution in [0.15, 0.2) is 24.3 Å². The molecule has 1 rings (SSSR count). The van der Waals surface area contributed by atoms with E-state index < -0.39 is 6.36 Å². The fourth-order valence-electron chi connectivity index (χ4n) is 1.34. The molecular formula is C12H13F3O3. The van der Waals surface area contributed by atoms with Gasteiger partial charge >= 0.3 is 12.3 Å². The summed E-state index contributed by atoms with van der Waals surface area (Å²) in [6.45, 7) is 2.03. The van der Waals surface area contributed by atoms with E-state index in [-0.39, 0.29) is 18.1 Å². The van der Waals surface area contributed by atoms with Gasteiger partial charge in [-0.2, -0.15) is 0 Å². The average molecular weight is 262 g/mol. The molecule has 0 N–H and O–H groups in total. The van der Waals surface area contributed by atoms with Gasteiger partial charge in [-0.1, -0.05) is 12.1 Å². The fraction of sp³-hybridized carbons (Fsp3) is 0.417. The minimum atomic E-state index is -4.69. The number of benzene rings is 1. The van der Waals surface area contributed by atoms with Crippen molar-refractivity contribution < 1.29 is 27.4 Å². The molecule has 0 unspecified atom stereocenters. The zero-order chi connectivity index (χ0) is 13.6. The first kappa shape index (κ1) is 14.3. The van der Waals surface area contributed by atoms with Crippen molar-refractivity contribution in [2.75, 3.05) is 6.61 Å². The van der Waals surface area contributed by atoms with Crippen LogP contribution in [0.25, 0.3) is 0 Å². The second kappa shape index (κ2) is 6.28. The highest BCUT2D eigenvalue weighted by Crippen LogP contribution is 2.22. The van der Waals surface area contributed by atoms with Gasteiger partial charge in [-0.25, -0.2) is 0 Å². The Bertz CT molecular complexity index is 385. The normalized spacial score (nSPS) is 11.1. The van der Waals surface area contributed by atoms with Crippen molar-refractivity contribution in [1.82, 2.24) is 0 Å². The van der Waals surface area contributed by atoms with Gasteiger partial charge in [0.2, 0.25) is 0 Å². The number of carbonyl (C=O) groups is 1. The SMILES string of the molecule is CCOC(=O)CCc1ccc(OC(F)(F)F)cc1. The van der Waals surface area contributed by atoms with E-state index >= 15 is 0 Å². The number of rotatable bonds is 5. The number of esters is 1. The second-order valence-corrected chi connectivity index (χ2v) is 3.50. The third-order valence-corrected chi connectivity index (χ3v) is 2.08. The van der Waals surface area contributed by atoms with Crippen LogP contribution in [0.5, 0.6) is 5.75 Å². The zero-order valence-electron chi connectivity index (χ0n) is 9.79. The first-order chi connectivity index (χ1) is 8.40. The van der Waals surface area contributed by atoms with Gasteiger partial charge in [0, 0.05) is 6.42 Å². The lowest BCUT2D eigenvalue weighted by Gasteiger charge is -2.09. The van der Waals surface area contributed by atoms with E-state index in [1.54, 1.807) is 6.92 Å². The summed E-state index contributed by atoms with van der Waals surface area (Å²) < 4.78 is 44.2. The third kappa shape index (κ3) is 5.56. The highest BCUT2D eigenvalue weighted by atomic mass is 19.4. The second-order valence-electron chi connectivity index (χ2n) is 3.50. The third-order valence-electron chi connectivity index (χ3n) is 2.08. The molecule has 0 radical (unpaired) electrons. The Morgan fingerprint density at radius 2 is 1.83 bits per heavy atom. The van der Waals surface area contributed by atoms with E-state index in [2.05, 4.69) is 4.74 Å². The van der Waals surface area contributed by atoms with Gasteiger partial charge in [0.1, 0.15) is 5.75 Å². The van der Waals surface area contributed by atoms with E-state index in [9.17, 15) is 18.0 Å². The summed E-state index contributed by atoms with van der Waals surface area (Å²) in [4.78, 5) is 11.1. The maximum absolute atomic E-state index is 11.9. The topological polar surface area (TPSA) is 35.5 Å². The van der Waals surface area contributed by atoms with E-state index in [4.69, 9.17) is 4.74 Å². The van der Waals surface area contributed by atoms with Crippen molar-refractivity contribution >= 4 is 5.97 Å². The van der Waals surface area contributed by atoms with Crippen LogP contribution in [0, 0.1) is 0 Å². The molecule has 0 amide bonds. The summed E-state index contributed by atoms with van der Waals surface area (Å²) in [6.07, 6.45) is -4.06. The number of halogens is 3. The number of hydrogen-bond acceptors (Lipinski definition) is 3. The van der Waals surface area contributed by atoms with Gasteiger partial charge in [-0.15, -0.1) is 13.2 Å². The van der Waals surface area contributed by atoms with Gasteiger partial charge in [0.15, 0.2) is 0 Å². The Hall–Kier alpha value is -1.72. The van der Waals surface area contributed by atoms with Crippen LogP contribution < -0.4 is 4.74 Å². The van der Waals surface area contributed by atoms with E-state index in [0.29, 0.717) is 13.0 Å². The molecule has 6 heteroatoms. The predicted octanol–water partition coefficient (Wildman–Crippen LogP) is 3.08. The van der Waals surface area contributed by atoms with Crippen LogP contribution in [0.1, 0.15) is 18.9 Å². The van der Waals surface area contributed by atoms with Crippen molar-refractivity contribution in [2.45, 2.75) is 26.1 Å². The summed E-state index contributed by atoms with van der Waals surface area (Å²) in [5.74, 6) is -0.601. The minimum absolute atomic E-state index is 0.202. The van der Waals surface area contributed by atoms with Gasteiger partial charge in [-0.3, -0.25) is 4.79 Å². The Balaban J connectivity index is 2.48. The number of hydrogen-bond donors (Lipinski definition) is 0. The Kier molecular flexibility index (Phi) is 5.00. The van der Waals surface area contributed by atoms with E-state index in [1.807, 2.05) is 0 Å². The van der Waals surface area contributed by atoms with E-state index in [0.717, 1.165) is 5.56 Å². The van der Waals surface area contributed by atoms with Crippen LogP contribution in [0.3, 0.4) is 0 Å². The first-order valence-electron chi connectivity index (χ1n) is 5.41. The quantitative estimate of drug-likeness (QED) is 0.765. The maximum atomic E-state index is 11.9. The molecule has 0 saturated heterocycles. The molecule has 0 aromatic heterocycles. The lowest BCUT2D eigenvalue weighted by atomic mass is 10.1. The zero-order valence-corrected chi connectivity index (χ0v) is 9.79. The Labute approximate surface area is 103 Å². The molecule has 0 bridgehead atoms. The van der Waals surface area contributed by atoms with Gasteiger partial charge in [0.05, 0.1) is 6.61 Å². The molecular weight excluding hydrogens is 249 g/mol. The van der Waals surface area contributed by atoms with Crippen LogP contribution >= 0.6 is 0 Å². The van der Waals surface area contributed by atoms with Crippen LogP contribution in [-0.4, -0.2) is 18.9 Å². The van der Waals surface area contributed by atoms with Crippen molar-refractivity contribution in [1.29, 1.82) is 0 Å². The predicted molar refractivity (Wildman–Crippen MR) is 58.1 cm³/mol. The molecule has 0 spiro atoms. The molecule has 1 aromatic carbocycles. The van der Waals surface area contributed by atoms with Gasteiger partial charge in [0.25, 0.3) is 0 Å². The number of ether oxygens (including phenoxy) is 2. The maximum Gasteiger partial charge on any atom is 0.573 e. The van der Waals surface area contributed by atoms with Crippen LogP contribution in [-0.2, 0) is 16.0 Å². The highest BCUT2D eigenvalue weighted by Gasteiger charge is 2.30. The van der Waals surface area contributed by atoms with Gasteiger partial charge in [-0.05, 0) is 31.0 Å². The number of aryl methyl sites for hydroxylation is 1. The van der Waals surface area contributed by atoms with Gasteiger partial charge < -0.3 is 9.47 Å². The van der Waals surface area contributed by atoms with Crippen LogP contribution in [0.2, 0.25) is 0 Å². The van der Waals surface area contributed by atoms with Crippen molar-refractivity contribution in [2.24, 2.45) is 0 Å². The summed E-state index contributed by atoms with van der Waals surface area (Å²) in [5.41, 5.74) is 0.748. The molecule has 1 aromatic rings. The van der Waals surface area contributed by atoms with Crippen molar-refractivity contribution in [3.05, 3.63) is 29.8 Å². The number of carbonyl (C=O) groups excluding carboxylic acids is 1. The minimum Gasteiger partial charge on any atom is -0.466 e. The molecule has 3 nitrogen and oxygen atoms in total. The smallest absolute Gasteiger partial charge is 0.466 e. The molecule has 0 saturated carbocycles. The lowest BCUT2D eigenvalue weighted by Crippen LogP contribution is -2.17. The standard InChI is InChI=1S/C12H13F3O3/c1-2-17-11(16)8-5-9-3-6-10(7-4-9)18-12(13,14)15/h3-4,6-7H,2,5,8H2,1H3.